The van der Waals surface area contributed by atoms with E-state index in [4.69, 9.17) is 4.74 Å². The van der Waals surface area contributed by atoms with E-state index in [2.05, 4.69) is 15.5 Å². The maximum absolute atomic E-state index is 13.2. The van der Waals surface area contributed by atoms with E-state index in [1.54, 1.807) is 12.0 Å². The van der Waals surface area contributed by atoms with Gasteiger partial charge in [-0.1, -0.05) is 67.6 Å². The topological polar surface area (TPSA) is 84.4 Å². The summed E-state index contributed by atoms with van der Waals surface area (Å²) in [5.41, 5.74) is 1.88. The fraction of sp³-hybridized carbons (Fsp3) is 0.360. The smallest absolute Gasteiger partial charge is 0.230 e. The standard InChI is InChI=1S/C25H30N4O3S/c1-4-15-29(24(31)21(5-2)18-10-7-6-8-11-18)16-14-22(30)26-25-28-27-23(33-25)19-12-9-13-20(17-19)32-3/h6-13,17,21H,4-5,14-16H2,1-3H3,(H,26,28,30)/t21-/m1/s1. The fourth-order valence-corrected chi connectivity index (χ4v) is 4.38. The fourth-order valence-electron chi connectivity index (χ4n) is 3.63. The Bertz CT molecular complexity index is 1050. The second-order valence-corrected chi connectivity index (χ2v) is 8.62. The van der Waals surface area contributed by atoms with Crippen molar-refractivity contribution in [2.75, 3.05) is 25.5 Å². The van der Waals surface area contributed by atoms with Gasteiger partial charge in [-0.2, -0.15) is 0 Å². The molecule has 1 heterocycles. The zero-order valence-electron chi connectivity index (χ0n) is 19.3. The molecule has 1 aromatic heterocycles. The summed E-state index contributed by atoms with van der Waals surface area (Å²) in [5.74, 6) is 0.406. The van der Waals surface area contributed by atoms with Crippen LogP contribution in [0.2, 0.25) is 0 Å². The number of anilines is 1. The molecule has 3 aromatic rings. The first-order chi connectivity index (χ1) is 16.0. The van der Waals surface area contributed by atoms with Crippen molar-refractivity contribution in [3.8, 4) is 16.3 Å². The molecule has 1 N–H and O–H groups in total. The molecule has 0 bridgehead atoms. The molecule has 0 aliphatic heterocycles. The van der Waals surface area contributed by atoms with Crippen molar-refractivity contribution in [2.24, 2.45) is 0 Å². The number of hydrogen-bond acceptors (Lipinski definition) is 6. The number of nitrogens with one attached hydrogen (secondary N) is 1. The lowest BCUT2D eigenvalue weighted by molar-refractivity contribution is -0.133. The molecule has 33 heavy (non-hydrogen) atoms. The average Bonchev–Trinajstić information content (AvgIpc) is 3.31. The van der Waals surface area contributed by atoms with Crippen molar-refractivity contribution >= 4 is 28.3 Å². The Kier molecular flexibility index (Phi) is 8.95. The molecule has 0 saturated heterocycles. The number of nitrogens with zero attached hydrogens (tertiary/aromatic N) is 3. The van der Waals surface area contributed by atoms with Gasteiger partial charge >= 0.3 is 0 Å². The minimum atomic E-state index is -0.200. The van der Waals surface area contributed by atoms with Gasteiger partial charge in [0.2, 0.25) is 16.9 Å². The number of amides is 2. The Labute approximate surface area is 198 Å². The summed E-state index contributed by atoms with van der Waals surface area (Å²) in [5, 5.41) is 12.2. The summed E-state index contributed by atoms with van der Waals surface area (Å²) >= 11 is 1.30. The summed E-state index contributed by atoms with van der Waals surface area (Å²) in [7, 11) is 1.61. The number of ether oxygens (including phenoxy) is 1. The number of benzene rings is 2. The first-order valence-electron chi connectivity index (χ1n) is 11.2. The Hall–Kier alpha value is -3.26. The third-order valence-electron chi connectivity index (χ3n) is 5.31. The third kappa shape index (κ3) is 6.61. The molecule has 8 heteroatoms. The molecule has 0 aliphatic rings. The summed E-state index contributed by atoms with van der Waals surface area (Å²) in [6.07, 6.45) is 1.75. The highest BCUT2D eigenvalue weighted by Crippen LogP contribution is 2.29. The first kappa shape index (κ1) is 24.4. The van der Waals surface area contributed by atoms with Crippen molar-refractivity contribution in [3.63, 3.8) is 0 Å². The average molecular weight is 467 g/mol. The van der Waals surface area contributed by atoms with Gasteiger partial charge in [0.05, 0.1) is 13.0 Å². The van der Waals surface area contributed by atoms with Crippen LogP contribution in [0.3, 0.4) is 0 Å². The van der Waals surface area contributed by atoms with Crippen molar-refractivity contribution in [1.82, 2.24) is 15.1 Å². The Morgan fingerprint density at radius 3 is 2.55 bits per heavy atom. The van der Waals surface area contributed by atoms with Crippen molar-refractivity contribution in [1.29, 1.82) is 0 Å². The quantitative estimate of drug-likeness (QED) is 0.431. The molecule has 0 unspecified atom stereocenters. The Balaban J connectivity index is 1.60. The normalized spacial score (nSPS) is 11.6. The monoisotopic (exact) mass is 466 g/mol. The van der Waals surface area contributed by atoms with Gasteiger partial charge in [-0.3, -0.25) is 9.59 Å². The minimum absolute atomic E-state index is 0.0644. The zero-order chi connectivity index (χ0) is 23.6. The van der Waals surface area contributed by atoms with Gasteiger partial charge < -0.3 is 15.0 Å². The predicted molar refractivity (Wildman–Crippen MR) is 131 cm³/mol. The molecule has 7 nitrogen and oxygen atoms in total. The molecular formula is C25H30N4O3S. The van der Waals surface area contributed by atoms with Crippen LogP contribution in [0.4, 0.5) is 5.13 Å². The number of carbonyl (C=O) groups excluding carboxylic acids is 2. The van der Waals surface area contributed by atoms with E-state index in [0.29, 0.717) is 29.6 Å². The minimum Gasteiger partial charge on any atom is -0.497 e. The second kappa shape index (κ2) is 12.1. The zero-order valence-corrected chi connectivity index (χ0v) is 20.1. The number of rotatable bonds is 11. The molecule has 3 rings (SSSR count). The van der Waals surface area contributed by atoms with E-state index in [-0.39, 0.29) is 24.2 Å². The van der Waals surface area contributed by atoms with E-state index in [9.17, 15) is 9.59 Å². The van der Waals surface area contributed by atoms with Crippen LogP contribution in [0.1, 0.15) is 44.6 Å². The molecule has 2 aromatic carbocycles. The number of carbonyl (C=O) groups is 2. The molecule has 0 spiro atoms. The second-order valence-electron chi connectivity index (χ2n) is 7.64. The van der Waals surface area contributed by atoms with Gasteiger partial charge in [-0.15, -0.1) is 10.2 Å². The summed E-state index contributed by atoms with van der Waals surface area (Å²) < 4.78 is 5.25. The first-order valence-corrected chi connectivity index (χ1v) is 12.0. The summed E-state index contributed by atoms with van der Waals surface area (Å²) in [6, 6.07) is 17.3. The van der Waals surface area contributed by atoms with Crippen molar-refractivity contribution < 1.29 is 14.3 Å². The number of hydrogen-bond donors (Lipinski definition) is 1. The lowest BCUT2D eigenvalue weighted by Crippen LogP contribution is -2.37. The van der Waals surface area contributed by atoms with E-state index in [0.717, 1.165) is 23.3 Å². The van der Waals surface area contributed by atoms with Gasteiger partial charge in [-0.05, 0) is 30.5 Å². The SMILES string of the molecule is CCCN(CCC(=O)Nc1nnc(-c2cccc(OC)c2)s1)C(=O)[C@H](CC)c1ccccc1. The largest absolute Gasteiger partial charge is 0.497 e. The molecule has 1 atom stereocenters. The van der Waals surface area contributed by atoms with Gasteiger partial charge in [0, 0.05) is 25.1 Å². The van der Waals surface area contributed by atoms with E-state index in [1.165, 1.54) is 11.3 Å². The van der Waals surface area contributed by atoms with Gasteiger partial charge in [0.25, 0.3) is 0 Å². The van der Waals surface area contributed by atoms with Crippen LogP contribution in [0, 0.1) is 0 Å². The maximum atomic E-state index is 13.2. The lowest BCUT2D eigenvalue weighted by Gasteiger charge is -2.26. The van der Waals surface area contributed by atoms with Gasteiger partial charge in [0.1, 0.15) is 10.8 Å². The van der Waals surface area contributed by atoms with Crippen molar-refractivity contribution in [3.05, 3.63) is 60.2 Å². The van der Waals surface area contributed by atoms with E-state index < -0.39 is 0 Å². The molecule has 174 valence electrons. The van der Waals surface area contributed by atoms with Crippen LogP contribution in [-0.4, -0.2) is 47.1 Å². The van der Waals surface area contributed by atoms with Crippen LogP contribution in [-0.2, 0) is 9.59 Å². The molecule has 0 saturated carbocycles. The van der Waals surface area contributed by atoms with Crippen LogP contribution in [0.15, 0.2) is 54.6 Å². The van der Waals surface area contributed by atoms with Gasteiger partial charge in [-0.25, -0.2) is 0 Å². The van der Waals surface area contributed by atoms with Crippen LogP contribution < -0.4 is 10.1 Å². The van der Waals surface area contributed by atoms with Crippen LogP contribution >= 0.6 is 11.3 Å². The molecule has 0 aliphatic carbocycles. The molecular weight excluding hydrogens is 436 g/mol. The molecule has 0 fully saturated rings. The van der Waals surface area contributed by atoms with Crippen LogP contribution in [0.25, 0.3) is 10.6 Å². The molecule has 0 radical (unpaired) electrons. The number of methoxy groups -OCH3 is 1. The van der Waals surface area contributed by atoms with E-state index in [1.807, 2.05) is 68.4 Å². The summed E-state index contributed by atoms with van der Waals surface area (Å²) in [6.45, 7) is 5.03. The maximum Gasteiger partial charge on any atom is 0.230 e. The van der Waals surface area contributed by atoms with Gasteiger partial charge in [0.15, 0.2) is 0 Å². The van der Waals surface area contributed by atoms with E-state index >= 15 is 0 Å². The van der Waals surface area contributed by atoms with Crippen LogP contribution in [0.5, 0.6) is 5.75 Å². The highest BCUT2D eigenvalue weighted by atomic mass is 32.1. The highest BCUT2D eigenvalue weighted by Gasteiger charge is 2.24. The molecule has 2 amide bonds. The Morgan fingerprint density at radius 1 is 1.06 bits per heavy atom. The number of aromatic nitrogens is 2. The van der Waals surface area contributed by atoms with Crippen molar-refractivity contribution in [2.45, 2.75) is 39.0 Å². The predicted octanol–water partition coefficient (Wildman–Crippen LogP) is 4.97. The third-order valence-corrected chi connectivity index (χ3v) is 6.20. The summed E-state index contributed by atoms with van der Waals surface area (Å²) in [4.78, 5) is 27.6. The highest BCUT2D eigenvalue weighted by molar-refractivity contribution is 7.18. The lowest BCUT2D eigenvalue weighted by atomic mass is 9.95. The Morgan fingerprint density at radius 2 is 1.85 bits per heavy atom.